The number of pyridine rings is 1. The number of halogens is 1. The second-order valence-electron chi connectivity index (χ2n) is 2.71. The first-order valence-corrected chi connectivity index (χ1v) is 5.24. The summed E-state index contributed by atoms with van der Waals surface area (Å²) in [7, 11) is 0. The molecule has 0 fully saturated rings. The molecule has 1 nitrogen and oxygen atoms in total. The lowest BCUT2D eigenvalue weighted by Crippen LogP contribution is -1.87. The summed E-state index contributed by atoms with van der Waals surface area (Å²) in [4.78, 5) is 5.34. The van der Waals surface area contributed by atoms with Crippen LogP contribution in [0.4, 0.5) is 0 Å². The molecule has 0 saturated carbocycles. The van der Waals surface area contributed by atoms with Gasteiger partial charge in [0.15, 0.2) is 0 Å². The Morgan fingerprint density at radius 1 is 1.31 bits per heavy atom. The molecule has 0 radical (unpaired) electrons. The van der Waals surface area contributed by atoms with Crippen LogP contribution >= 0.6 is 22.9 Å². The number of hydrogen-bond acceptors (Lipinski definition) is 2. The molecule has 2 aromatic rings. The molecule has 0 bridgehead atoms. The van der Waals surface area contributed by atoms with Gasteiger partial charge in [-0.15, -0.1) is 11.3 Å². The minimum atomic E-state index is 0.607. The molecule has 0 saturated heterocycles. The van der Waals surface area contributed by atoms with Crippen LogP contribution in [0.3, 0.4) is 0 Å². The fourth-order valence-electron chi connectivity index (χ4n) is 1.15. The van der Waals surface area contributed by atoms with Crippen molar-refractivity contribution in [1.29, 1.82) is 0 Å². The highest BCUT2D eigenvalue weighted by atomic mass is 35.5. The third kappa shape index (κ3) is 2.08. The smallest absolute Gasteiger partial charge is 0.132 e. The Morgan fingerprint density at radius 2 is 2.23 bits per heavy atom. The van der Waals surface area contributed by atoms with Crippen molar-refractivity contribution in [2.75, 3.05) is 0 Å². The van der Waals surface area contributed by atoms with Crippen LogP contribution in [0.15, 0.2) is 35.8 Å². The van der Waals surface area contributed by atoms with Gasteiger partial charge in [-0.3, -0.25) is 0 Å². The quantitative estimate of drug-likeness (QED) is 0.691. The molecule has 0 aliphatic carbocycles. The third-order valence-electron chi connectivity index (χ3n) is 1.78. The largest absolute Gasteiger partial charge is 0.244 e. The standard InChI is InChI=1S/C10H8ClNS/c11-10-8(3-1-5-12-10)7-9-4-2-6-13-9/h1-6H,7H2. The molecule has 66 valence electrons. The summed E-state index contributed by atoms with van der Waals surface area (Å²) in [5.74, 6) is 0. The Balaban J connectivity index is 2.24. The Labute approximate surface area is 86.0 Å². The van der Waals surface area contributed by atoms with Crippen LogP contribution in [-0.4, -0.2) is 4.98 Å². The van der Waals surface area contributed by atoms with E-state index in [9.17, 15) is 0 Å². The van der Waals surface area contributed by atoms with Gasteiger partial charge in [0.2, 0.25) is 0 Å². The van der Waals surface area contributed by atoms with Gasteiger partial charge in [-0.25, -0.2) is 4.98 Å². The Kier molecular flexibility index (Phi) is 2.62. The van der Waals surface area contributed by atoms with Gasteiger partial charge in [-0.05, 0) is 23.1 Å². The number of thiophene rings is 1. The zero-order valence-corrected chi connectivity index (χ0v) is 8.48. The van der Waals surface area contributed by atoms with E-state index < -0.39 is 0 Å². The maximum absolute atomic E-state index is 5.93. The molecule has 0 N–H and O–H groups in total. The second kappa shape index (κ2) is 3.90. The molecule has 3 heteroatoms. The molecule has 0 spiro atoms. The highest BCUT2D eigenvalue weighted by Crippen LogP contribution is 2.19. The number of rotatable bonds is 2. The Morgan fingerprint density at radius 3 is 2.92 bits per heavy atom. The van der Waals surface area contributed by atoms with Gasteiger partial charge in [0.05, 0.1) is 0 Å². The lowest BCUT2D eigenvalue weighted by atomic mass is 10.2. The number of aromatic nitrogens is 1. The lowest BCUT2D eigenvalue weighted by molar-refractivity contribution is 1.17. The van der Waals surface area contributed by atoms with E-state index in [0.717, 1.165) is 12.0 Å². The summed E-state index contributed by atoms with van der Waals surface area (Å²) in [5, 5.41) is 2.68. The van der Waals surface area contributed by atoms with E-state index >= 15 is 0 Å². The number of nitrogens with zero attached hydrogens (tertiary/aromatic N) is 1. The molecule has 0 aromatic carbocycles. The first-order chi connectivity index (χ1) is 6.36. The van der Waals surface area contributed by atoms with Crippen molar-refractivity contribution >= 4 is 22.9 Å². The van der Waals surface area contributed by atoms with Gasteiger partial charge in [-0.1, -0.05) is 23.7 Å². The molecular formula is C10H8ClNS. The zero-order valence-electron chi connectivity index (χ0n) is 6.90. The van der Waals surface area contributed by atoms with Crippen molar-refractivity contribution in [3.05, 3.63) is 51.4 Å². The minimum Gasteiger partial charge on any atom is -0.244 e. The molecule has 0 unspecified atom stereocenters. The van der Waals surface area contributed by atoms with Gasteiger partial charge in [-0.2, -0.15) is 0 Å². The summed E-state index contributed by atoms with van der Waals surface area (Å²) in [6, 6.07) is 8.07. The fourth-order valence-corrected chi connectivity index (χ4v) is 2.07. The van der Waals surface area contributed by atoms with E-state index in [0.29, 0.717) is 5.15 Å². The monoisotopic (exact) mass is 209 g/mol. The highest BCUT2D eigenvalue weighted by molar-refractivity contribution is 7.09. The van der Waals surface area contributed by atoms with Crippen LogP contribution in [0.25, 0.3) is 0 Å². The van der Waals surface area contributed by atoms with E-state index in [-0.39, 0.29) is 0 Å². The predicted octanol–water partition coefficient (Wildman–Crippen LogP) is 3.39. The molecule has 0 aliphatic heterocycles. The van der Waals surface area contributed by atoms with Crippen LogP contribution in [0.1, 0.15) is 10.4 Å². The Hall–Kier alpha value is -0.860. The van der Waals surface area contributed by atoms with E-state index in [1.807, 2.05) is 18.2 Å². The molecule has 2 rings (SSSR count). The van der Waals surface area contributed by atoms with Crippen molar-refractivity contribution < 1.29 is 0 Å². The second-order valence-corrected chi connectivity index (χ2v) is 4.10. The molecule has 2 heterocycles. The highest BCUT2D eigenvalue weighted by Gasteiger charge is 2.01. The van der Waals surface area contributed by atoms with Crippen molar-refractivity contribution in [3.8, 4) is 0 Å². The average Bonchev–Trinajstić information content (AvgIpc) is 2.61. The lowest BCUT2D eigenvalue weighted by Gasteiger charge is -1.99. The van der Waals surface area contributed by atoms with Crippen molar-refractivity contribution in [2.24, 2.45) is 0 Å². The minimum absolute atomic E-state index is 0.607. The van der Waals surface area contributed by atoms with Gasteiger partial charge >= 0.3 is 0 Å². The van der Waals surface area contributed by atoms with Crippen molar-refractivity contribution in [1.82, 2.24) is 4.98 Å². The molecular weight excluding hydrogens is 202 g/mol. The zero-order chi connectivity index (χ0) is 9.10. The van der Waals surface area contributed by atoms with Crippen LogP contribution in [0, 0.1) is 0 Å². The SMILES string of the molecule is Clc1ncccc1Cc1cccs1. The van der Waals surface area contributed by atoms with Gasteiger partial charge < -0.3 is 0 Å². The normalized spacial score (nSPS) is 10.2. The van der Waals surface area contributed by atoms with Crippen LogP contribution < -0.4 is 0 Å². The molecule has 0 amide bonds. The molecule has 13 heavy (non-hydrogen) atoms. The van der Waals surface area contributed by atoms with Crippen LogP contribution in [-0.2, 0) is 6.42 Å². The molecule has 2 aromatic heterocycles. The van der Waals surface area contributed by atoms with E-state index in [1.165, 1.54) is 4.88 Å². The maximum Gasteiger partial charge on any atom is 0.132 e. The fraction of sp³-hybridized carbons (Fsp3) is 0.100. The first kappa shape index (κ1) is 8.73. The summed E-state index contributed by atoms with van der Waals surface area (Å²) in [6.07, 6.45) is 2.59. The Bertz CT molecular complexity index is 384. The van der Waals surface area contributed by atoms with Crippen molar-refractivity contribution in [2.45, 2.75) is 6.42 Å². The summed E-state index contributed by atoms with van der Waals surface area (Å²) >= 11 is 7.67. The van der Waals surface area contributed by atoms with Gasteiger partial charge in [0.25, 0.3) is 0 Å². The van der Waals surface area contributed by atoms with Crippen molar-refractivity contribution in [3.63, 3.8) is 0 Å². The first-order valence-electron chi connectivity index (χ1n) is 3.98. The summed E-state index contributed by atoms with van der Waals surface area (Å²) < 4.78 is 0. The molecule has 0 atom stereocenters. The molecule has 0 aliphatic rings. The van der Waals surface area contributed by atoms with E-state index in [2.05, 4.69) is 16.4 Å². The average molecular weight is 210 g/mol. The van der Waals surface area contributed by atoms with Crippen LogP contribution in [0.2, 0.25) is 5.15 Å². The topological polar surface area (TPSA) is 12.9 Å². The van der Waals surface area contributed by atoms with Gasteiger partial charge in [0.1, 0.15) is 5.15 Å². The maximum atomic E-state index is 5.93. The van der Waals surface area contributed by atoms with Gasteiger partial charge in [0, 0.05) is 17.5 Å². The summed E-state index contributed by atoms with van der Waals surface area (Å²) in [6.45, 7) is 0. The van der Waals surface area contributed by atoms with E-state index in [1.54, 1.807) is 17.5 Å². The van der Waals surface area contributed by atoms with E-state index in [4.69, 9.17) is 11.6 Å². The number of hydrogen-bond donors (Lipinski definition) is 0. The summed E-state index contributed by atoms with van der Waals surface area (Å²) in [5.41, 5.74) is 1.09. The van der Waals surface area contributed by atoms with Crippen LogP contribution in [0.5, 0.6) is 0 Å². The third-order valence-corrected chi connectivity index (χ3v) is 3.00. The predicted molar refractivity (Wildman–Crippen MR) is 56.4 cm³/mol.